The topological polar surface area (TPSA) is 22.1 Å². The number of rotatable bonds is 3. The zero-order valence-corrected chi connectivity index (χ0v) is 16.6. The van der Waals surface area contributed by atoms with E-state index < -0.39 is 0 Å². The molecular formula is C26H27NO. The SMILES string of the molecule is Cc1ccc(C2CC3(c4ccccn4)CC(c4ccc(C)cc4)C2CO3)cc1. The monoisotopic (exact) mass is 369 g/mol. The second-order valence-corrected chi connectivity index (χ2v) is 8.63. The molecule has 0 radical (unpaired) electrons. The highest BCUT2D eigenvalue weighted by molar-refractivity contribution is 5.34. The second kappa shape index (κ2) is 6.86. The first kappa shape index (κ1) is 17.6. The number of hydrogen-bond donors (Lipinski definition) is 0. The molecule has 1 aromatic heterocycles. The molecule has 2 heteroatoms. The molecule has 2 nitrogen and oxygen atoms in total. The molecule has 1 saturated carbocycles. The fraction of sp³-hybridized carbons (Fsp3) is 0.346. The Labute approximate surface area is 167 Å². The molecule has 28 heavy (non-hydrogen) atoms. The Balaban J connectivity index is 1.59. The number of benzene rings is 2. The van der Waals surface area contributed by atoms with E-state index in [1.807, 2.05) is 12.3 Å². The van der Waals surface area contributed by atoms with E-state index in [4.69, 9.17) is 9.72 Å². The summed E-state index contributed by atoms with van der Waals surface area (Å²) in [5.41, 5.74) is 6.31. The van der Waals surface area contributed by atoms with E-state index in [-0.39, 0.29) is 5.60 Å². The molecule has 1 aliphatic carbocycles. The Kier molecular flexibility index (Phi) is 4.32. The van der Waals surface area contributed by atoms with Crippen molar-refractivity contribution in [3.05, 3.63) is 101 Å². The van der Waals surface area contributed by atoms with Crippen molar-refractivity contribution in [2.75, 3.05) is 6.61 Å². The Morgan fingerprint density at radius 3 is 1.86 bits per heavy atom. The molecule has 0 N–H and O–H groups in total. The van der Waals surface area contributed by atoms with Crippen LogP contribution in [0.25, 0.3) is 0 Å². The molecule has 3 fully saturated rings. The van der Waals surface area contributed by atoms with E-state index in [2.05, 4.69) is 74.5 Å². The summed E-state index contributed by atoms with van der Waals surface area (Å²) in [5, 5.41) is 0. The molecule has 0 spiro atoms. The van der Waals surface area contributed by atoms with Crippen LogP contribution < -0.4 is 0 Å². The minimum absolute atomic E-state index is 0.291. The fourth-order valence-corrected chi connectivity index (χ4v) is 5.26. The van der Waals surface area contributed by atoms with Gasteiger partial charge in [0.05, 0.1) is 12.3 Å². The van der Waals surface area contributed by atoms with Gasteiger partial charge in [-0.3, -0.25) is 4.98 Å². The van der Waals surface area contributed by atoms with Crippen LogP contribution in [0.5, 0.6) is 0 Å². The van der Waals surface area contributed by atoms with Gasteiger partial charge in [-0.15, -0.1) is 0 Å². The van der Waals surface area contributed by atoms with Gasteiger partial charge in [0.25, 0.3) is 0 Å². The van der Waals surface area contributed by atoms with Crippen LogP contribution in [0.15, 0.2) is 72.9 Å². The minimum Gasteiger partial charge on any atom is -0.368 e. The lowest BCUT2D eigenvalue weighted by Crippen LogP contribution is -2.50. The molecule has 2 aliphatic heterocycles. The van der Waals surface area contributed by atoms with Crippen molar-refractivity contribution >= 4 is 0 Å². The van der Waals surface area contributed by atoms with E-state index in [1.54, 1.807) is 0 Å². The first-order valence-electron chi connectivity index (χ1n) is 10.3. The smallest absolute Gasteiger partial charge is 0.111 e. The average molecular weight is 370 g/mol. The van der Waals surface area contributed by atoms with E-state index in [0.717, 1.165) is 25.1 Å². The zero-order chi connectivity index (χ0) is 19.1. The molecule has 0 amide bonds. The highest BCUT2D eigenvalue weighted by atomic mass is 16.5. The van der Waals surface area contributed by atoms with Gasteiger partial charge in [0.15, 0.2) is 0 Å². The maximum Gasteiger partial charge on any atom is 0.111 e. The van der Waals surface area contributed by atoms with Crippen molar-refractivity contribution in [3.8, 4) is 0 Å². The van der Waals surface area contributed by atoms with E-state index in [9.17, 15) is 0 Å². The maximum atomic E-state index is 6.54. The average Bonchev–Trinajstić information content (AvgIpc) is 2.76. The molecule has 3 aromatic rings. The number of nitrogens with zero attached hydrogens (tertiary/aromatic N) is 1. The van der Waals surface area contributed by atoms with Crippen LogP contribution >= 0.6 is 0 Å². The molecule has 2 atom stereocenters. The van der Waals surface area contributed by atoms with Crippen LogP contribution in [0.2, 0.25) is 0 Å². The number of hydrogen-bond acceptors (Lipinski definition) is 2. The highest BCUT2D eigenvalue weighted by Gasteiger charge is 2.54. The van der Waals surface area contributed by atoms with Gasteiger partial charge in [0.1, 0.15) is 5.60 Å². The molecular weight excluding hydrogens is 342 g/mol. The predicted octanol–water partition coefficient (Wildman–Crippen LogP) is 5.90. The van der Waals surface area contributed by atoms with Crippen LogP contribution in [0.3, 0.4) is 0 Å². The number of pyridine rings is 1. The quantitative estimate of drug-likeness (QED) is 0.573. The van der Waals surface area contributed by atoms with Gasteiger partial charge in [-0.25, -0.2) is 0 Å². The second-order valence-electron chi connectivity index (χ2n) is 8.63. The van der Waals surface area contributed by atoms with Crippen molar-refractivity contribution in [3.63, 3.8) is 0 Å². The van der Waals surface area contributed by atoms with Gasteiger partial charge in [-0.1, -0.05) is 65.7 Å². The summed E-state index contributed by atoms with van der Waals surface area (Å²) in [6.07, 6.45) is 3.93. The van der Waals surface area contributed by atoms with Crippen molar-refractivity contribution < 1.29 is 4.74 Å². The molecule has 2 bridgehead atoms. The van der Waals surface area contributed by atoms with Crippen LogP contribution in [0.4, 0.5) is 0 Å². The van der Waals surface area contributed by atoms with Crippen LogP contribution in [-0.2, 0) is 10.3 Å². The van der Waals surface area contributed by atoms with Crippen LogP contribution in [0, 0.1) is 19.8 Å². The Bertz CT molecular complexity index is 890. The van der Waals surface area contributed by atoms with Gasteiger partial charge >= 0.3 is 0 Å². The number of aromatic nitrogens is 1. The van der Waals surface area contributed by atoms with Gasteiger partial charge in [-0.05, 0) is 67.7 Å². The van der Waals surface area contributed by atoms with Gasteiger partial charge in [-0.2, -0.15) is 0 Å². The standard InChI is InChI=1S/C26H27NO/c1-18-6-10-20(11-7-18)22-15-26(25-5-3-4-14-27-25)16-23(24(22)17-28-26)21-12-8-19(2)9-13-21/h3-14,22-24H,15-17H2,1-2H3. The summed E-state index contributed by atoms with van der Waals surface area (Å²) >= 11 is 0. The zero-order valence-electron chi connectivity index (χ0n) is 16.6. The molecule has 3 aliphatic rings. The number of aryl methyl sites for hydroxylation is 2. The molecule has 2 unspecified atom stereocenters. The van der Waals surface area contributed by atoms with E-state index >= 15 is 0 Å². The number of ether oxygens (including phenoxy) is 1. The summed E-state index contributed by atoms with van der Waals surface area (Å²) < 4.78 is 6.54. The largest absolute Gasteiger partial charge is 0.368 e. The Morgan fingerprint density at radius 2 is 1.36 bits per heavy atom. The first-order valence-corrected chi connectivity index (χ1v) is 10.3. The summed E-state index contributed by atoms with van der Waals surface area (Å²) in [6, 6.07) is 24.5. The van der Waals surface area contributed by atoms with E-state index in [1.165, 1.54) is 22.3 Å². The van der Waals surface area contributed by atoms with Crippen molar-refractivity contribution in [2.45, 2.75) is 44.1 Å². The highest BCUT2D eigenvalue weighted by Crippen LogP contribution is 2.58. The van der Waals surface area contributed by atoms with Gasteiger partial charge in [0, 0.05) is 6.20 Å². The van der Waals surface area contributed by atoms with Crippen LogP contribution in [0.1, 0.15) is 52.6 Å². The lowest BCUT2D eigenvalue weighted by Gasteiger charge is -2.54. The molecule has 142 valence electrons. The molecule has 2 saturated heterocycles. The summed E-state index contributed by atoms with van der Waals surface area (Å²) in [6.45, 7) is 5.11. The van der Waals surface area contributed by atoms with Crippen LogP contribution in [-0.4, -0.2) is 11.6 Å². The van der Waals surface area contributed by atoms with Crippen molar-refractivity contribution in [1.82, 2.24) is 4.98 Å². The third-order valence-electron chi connectivity index (χ3n) is 6.83. The van der Waals surface area contributed by atoms with Gasteiger partial charge < -0.3 is 4.74 Å². The first-order chi connectivity index (χ1) is 13.6. The summed E-state index contributed by atoms with van der Waals surface area (Å²) in [7, 11) is 0. The third kappa shape index (κ3) is 2.97. The minimum atomic E-state index is -0.291. The lowest BCUT2D eigenvalue weighted by molar-refractivity contribution is -0.171. The Morgan fingerprint density at radius 1 is 0.786 bits per heavy atom. The summed E-state index contributed by atoms with van der Waals surface area (Å²) in [5.74, 6) is 1.50. The lowest BCUT2D eigenvalue weighted by atomic mass is 9.59. The third-order valence-corrected chi connectivity index (χ3v) is 6.83. The van der Waals surface area contributed by atoms with Crippen molar-refractivity contribution in [1.29, 1.82) is 0 Å². The van der Waals surface area contributed by atoms with E-state index in [0.29, 0.717) is 17.8 Å². The van der Waals surface area contributed by atoms with Crippen molar-refractivity contribution in [2.24, 2.45) is 5.92 Å². The Hall–Kier alpha value is -2.45. The summed E-state index contributed by atoms with van der Waals surface area (Å²) in [4.78, 5) is 4.73. The molecule has 2 aromatic carbocycles. The maximum absolute atomic E-state index is 6.54. The molecule has 3 heterocycles. The predicted molar refractivity (Wildman–Crippen MR) is 112 cm³/mol. The fourth-order valence-electron chi connectivity index (χ4n) is 5.26. The molecule has 6 rings (SSSR count). The normalized spacial score (nSPS) is 29.0. The number of fused-ring (bicyclic) bond motifs is 3. The van der Waals surface area contributed by atoms with Gasteiger partial charge in [0.2, 0.25) is 0 Å².